The molecule has 118 valence electrons. The fourth-order valence-corrected chi connectivity index (χ4v) is 0.565. The highest BCUT2D eigenvalue weighted by molar-refractivity contribution is 5.97. The number of carbonyl (C=O) groups excluding carboxylic acids is 4. The Balaban J connectivity index is -0.000000277. The molecule has 0 N–H and O–H groups in total. The number of halogens is 2. The molecule has 0 unspecified atom stereocenters. The van der Waals surface area contributed by atoms with Gasteiger partial charge in [0.15, 0.2) is 0 Å². The number of alkyl halides is 1. The second-order valence-electron chi connectivity index (χ2n) is 2.74. The van der Waals surface area contributed by atoms with Crippen LogP contribution in [-0.4, -0.2) is 58.5 Å². The van der Waals surface area contributed by atoms with E-state index in [2.05, 4.69) is 18.9 Å². The minimum absolute atomic E-state index is 0. The third kappa shape index (κ3) is 10.9. The molecule has 0 aromatic heterocycles. The highest BCUT2D eigenvalue weighted by Gasteiger charge is 2.27. The summed E-state index contributed by atoms with van der Waals surface area (Å²) >= 11 is 0. The van der Waals surface area contributed by atoms with Crippen LogP contribution in [0.3, 0.4) is 0 Å². The Morgan fingerprint density at radius 1 is 0.800 bits per heavy atom. The lowest BCUT2D eigenvalue weighted by Gasteiger charge is -2.01. The molecule has 10 heteroatoms. The van der Waals surface area contributed by atoms with Crippen molar-refractivity contribution in [3.63, 3.8) is 0 Å². The Hall–Kier alpha value is -2.26. The van der Waals surface area contributed by atoms with E-state index in [-0.39, 0.29) is 11.1 Å². The molecule has 8 nitrogen and oxygen atoms in total. The Bertz CT molecular complexity index is 301. The van der Waals surface area contributed by atoms with Gasteiger partial charge in [-0.3, -0.25) is 14.3 Å². The Labute approximate surface area is 113 Å². The van der Waals surface area contributed by atoms with Gasteiger partial charge in [0.2, 0.25) is 0 Å². The van der Waals surface area contributed by atoms with Gasteiger partial charge in [0, 0.05) is 0 Å². The van der Waals surface area contributed by atoms with E-state index in [1.807, 2.05) is 0 Å². The molecule has 0 fully saturated rings. The van der Waals surface area contributed by atoms with E-state index in [0.717, 1.165) is 14.2 Å². The van der Waals surface area contributed by atoms with Gasteiger partial charge < -0.3 is 18.9 Å². The van der Waals surface area contributed by atoms with Gasteiger partial charge in [-0.2, -0.15) is 0 Å². The van der Waals surface area contributed by atoms with Gasteiger partial charge >= 0.3 is 23.9 Å². The monoisotopic (exact) mass is 302 g/mol. The maximum Gasteiger partial charge on any atom is 0.352 e. The molecule has 0 aromatic rings. The van der Waals surface area contributed by atoms with E-state index in [1.165, 1.54) is 14.2 Å². The first kappa shape index (κ1) is 22.9. The zero-order chi connectivity index (χ0) is 15.4. The predicted octanol–water partition coefficient (Wildman–Crippen LogP) is -0.455. The molecular formula is C10H16F2O8. The molecular weight excluding hydrogens is 286 g/mol. The first-order valence-electron chi connectivity index (χ1n) is 4.77. The lowest BCUT2D eigenvalue weighted by atomic mass is 10.4. The summed E-state index contributed by atoms with van der Waals surface area (Å²) in [6.07, 6.45) is -2.64. The standard InChI is InChI=1S/C5H7FO4.C5H8O4.FH/c1-9-4(7)3(6)5(8)10-2;1-8-4(6)3-5(7)9-2;/h3H,1-2H3;3H2,1-2H3;1H. The largest absolute Gasteiger partial charge is 0.469 e. The van der Waals surface area contributed by atoms with Crippen molar-refractivity contribution in [2.24, 2.45) is 0 Å². The van der Waals surface area contributed by atoms with Crippen LogP contribution in [0, 0.1) is 0 Å². The van der Waals surface area contributed by atoms with Crippen LogP contribution in [0.5, 0.6) is 0 Å². The minimum Gasteiger partial charge on any atom is -0.469 e. The van der Waals surface area contributed by atoms with Crippen molar-refractivity contribution in [2.75, 3.05) is 28.4 Å². The van der Waals surface area contributed by atoms with Gasteiger partial charge in [-0.05, 0) is 0 Å². The molecule has 0 aromatic carbocycles. The van der Waals surface area contributed by atoms with Crippen LogP contribution in [-0.2, 0) is 38.1 Å². The number of rotatable bonds is 4. The lowest BCUT2D eigenvalue weighted by molar-refractivity contribution is -0.160. The van der Waals surface area contributed by atoms with Crippen LogP contribution in [0.1, 0.15) is 6.42 Å². The summed E-state index contributed by atoms with van der Waals surface area (Å²) in [4.78, 5) is 40.9. The molecule has 0 aliphatic carbocycles. The number of hydrogen-bond donors (Lipinski definition) is 0. The fraction of sp³-hybridized carbons (Fsp3) is 0.600. The maximum absolute atomic E-state index is 12.2. The van der Waals surface area contributed by atoms with Crippen molar-refractivity contribution in [3.05, 3.63) is 0 Å². The average molecular weight is 302 g/mol. The molecule has 0 aliphatic heterocycles. The van der Waals surface area contributed by atoms with Gasteiger partial charge in [0.25, 0.3) is 6.17 Å². The van der Waals surface area contributed by atoms with E-state index in [1.54, 1.807) is 0 Å². The normalized spacial score (nSPS) is 8.30. The van der Waals surface area contributed by atoms with Gasteiger partial charge in [0.1, 0.15) is 6.42 Å². The van der Waals surface area contributed by atoms with Crippen LogP contribution in [0.15, 0.2) is 0 Å². The van der Waals surface area contributed by atoms with E-state index < -0.39 is 30.0 Å². The number of ether oxygens (including phenoxy) is 4. The van der Waals surface area contributed by atoms with Crippen LogP contribution < -0.4 is 0 Å². The molecule has 0 aliphatic rings. The molecule has 0 atom stereocenters. The summed E-state index contributed by atoms with van der Waals surface area (Å²) in [6, 6.07) is 0. The zero-order valence-corrected chi connectivity index (χ0v) is 11.3. The van der Waals surface area contributed by atoms with Crippen LogP contribution in [0.2, 0.25) is 0 Å². The first-order valence-corrected chi connectivity index (χ1v) is 4.77. The fourth-order valence-electron chi connectivity index (χ4n) is 0.565. The van der Waals surface area contributed by atoms with E-state index >= 15 is 0 Å². The summed E-state index contributed by atoms with van der Waals surface area (Å²) < 4.78 is 28.4. The van der Waals surface area contributed by atoms with Crippen LogP contribution in [0.25, 0.3) is 0 Å². The molecule has 0 radical (unpaired) electrons. The molecule has 0 saturated carbocycles. The van der Waals surface area contributed by atoms with Gasteiger partial charge in [-0.1, -0.05) is 0 Å². The van der Waals surface area contributed by atoms with Crippen molar-refractivity contribution in [3.8, 4) is 0 Å². The topological polar surface area (TPSA) is 105 Å². The van der Waals surface area contributed by atoms with Crippen molar-refractivity contribution >= 4 is 23.9 Å². The summed E-state index contributed by atoms with van der Waals surface area (Å²) in [5.41, 5.74) is 0. The maximum atomic E-state index is 12.2. The second kappa shape index (κ2) is 13.2. The summed E-state index contributed by atoms with van der Waals surface area (Å²) in [7, 11) is 4.40. The second-order valence-corrected chi connectivity index (χ2v) is 2.74. The average Bonchev–Trinajstić information content (AvgIpc) is 2.44. The highest BCUT2D eigenvalue weighted by atomic mass is 19.1. The van der Waals surface area contributed by atoms with E-state index in [9.17, 15) is 23.6 Å². The van der Waals surface area contributed by atoms with Crippen LogP contribution >= 0.6 is 0 Å². The van der Waals surface area contributed by atoms with Gasteiger partial charge in [0.05, 0.1) is 28.4 Å². The van der Waals surface area contributed by atoms with Crippen molar-refractivity contribution in [2.45, 2.75) is 12.6 Å². The summed E-state index contributed by atoms with van der Waals surface area (Å²) in [5, 5.41) is 0. The van der Waals surface area contributed by atoms with E-state index in [4.69, 9.17) is 0 Å². The number of methoxy groups -OCH3 is 4. The van der Waals surface area contributed by atoms with Gasteiger partial charge in [-0.25, -0.2) is 14.0 Å². The Morgan fingerprint density at radius 2 is 1.10 bits per heavy atom. The molecule has 0 amide bonds. The third-order valence-corrected chi connectivity index (χ3v) is 1.56. The SMILES string of the molecule is COC(=O)C(F)C(=O)OC.COC(=O)CC(=O)OC.F. The summed E-state index contributed by atoms with van der Waals surface area (Å²) in [6.45, 7) is 0. The number of esters is 4. The van der Waals surface area contributed by atoms with Crippen molar-refractivity contribution in [1.29, 1.82) is 0 Å². The molecule has 0 heterocycles. The molecule has 20 heavy (non-hydrogen) atoms. The zero-order valence-electron chi connectivity index (χ0n) is 11.3. The Morgan fingerprint density at radius 3 is 1.30 bits per heavy atom. The molecule has 0 saturated heterocycles. The summed E-state index contributed by atoms with van der Waals surface area (Å²) in [5.74, 6) is -3.65. The third-order valence-electron chi connectivity index (χ3n) is 1.56. The lowest BCUT2D eigenvalue weighted by Crippen LogP contribution is -2.27. The predicted molar refractivity (Wildman–Crippen MR) is 60.1 cm³/mol. The molecule has 0 bridgehead atoms. The van der Waals surface area contributed by atoms with Gasteiger partial charge in [-0.15, -0.1) is 0 Å². The van der Waals surface area contributed by atoms with Crippen molar-refractivity contribution in [1.82, 2.24) is 0 Å². The number of carbonyl (C=O) groups is 4. The van der Waals surface area contributed by atoms with Crippen LogP contribution in [0.4, 0.5) is 9.09 Å². The number of hydrogen-bond acceptors (Lipinski definition) is 8. The quantitative estimate of drug-likeness (QED) is 0.390. The highest BCUT2D eigenvalue weighted by Crippen LogP contribution is 1.95. The van der Waals surface area contributed by atoms with Crippen molar-refractivity contribution < 1.29 is 47.2 Å². The molecule has 0 spiro atoms. The van der Waals surface area contributed by atoms with E-state index in [0.29, 0.717) is 0 Å². The molecule has 0 rings (SSSR count). The first-order chi connectivity index (χ1) is 8.83. The smallest absolute Gasteiger partial charge is 0.352 e. The Kier molecular flexibility index (Phi) is 15.1. The minimum atomic E-state index is -2.32.